The molecule has 17 heavy (non-hydrogen) atoms. The molecule has 0 saturated carbocycles. The van der Waals surface area contributed by atoms with Gasteiger partial charge in [0.05, 0.1) is 0 Å². The number of nitrogens with zero attached hydrogens (tertiary/aromatic N) is 2. The smallest absolute Gasteiger partial charge is 0.224 e. The van der Waals surface area contributed by atoms with Crippen molar-refractivity contribution in [1.29, 1.82) is 0 Å². The van der Waals surface area contributed by atoms with E-state index >= 15 is 0 Å². The maximum atomic E-state index is 5.63. The van der Waals surface area contributed by atoms with E-state index in [-0.39, 0.29) is 0 Å². The third-order valence-corrected chi connectivity index (χ3v) is 2.67. The van der Waals surface area contributed by atoms with Crippen molar-refractivity contribution >= 4 is 11.5 Å². The molecule has 0 amide bonds. The number of nitrogens with two attached hydrogens (primary N) is 1. The zero-order chi connectivity index (χ0) is 11.7. The van der Waals surface area contributed by atoms with E-state index in [0.717, 1.165) is 18.7 Å². The second-order valence-electron chi connectivity index (χ2n) is 3.88. The summed E-state index contributed by atoms with van der Waals surface area (Å²) in [5, 5.41) is 3.30. The average Bonchev–Trinajstić information content (AvgIpc) is 2.76. The number of nitrogen functional groups attached to an aromatic ring is 1. The largest absolute Gasteiger partial charge is 0.439 e. The monoisotopic (exact) mass is 228 g/mol. The molecule has 1 aliphatic heterocycles. The summed E-state index contributed by atoms with van der Waals surface area (Å²) in [5.41, 5.74) is 8.01. The van der Waals surface area contributed by atoms with E-state index in [4.69, 9.17) is 10.5 Å². The number of rotatable bonds is 2. The fraction of sp³-hybridized carbons (Fsp3) is 0.167. The van der Waals surface area contributed by atoms with Gasteiger partial charge in [-0.15, -0.1) is 0 Å². The quantitative estimate of drug-likeness (QED) is 0.820. The topological polar surface area (TPSA) is 73.1 Å². The highest BCUT2D eigenvalue weighted by Crippen LogP contribution is 2.28. The van der Waals surface area contributed by atoms with Gasteiger partial charge in [-0.1, -0.05) is 0 Å². The van der Waals surface area contributed by atoms with E-state index in [9.17, 15) is 0 Å². The van der Waals surface area contributed by atoms with Crippen LogP contribution in [0.25, 0.3) is 0 Å². The van der Waals surface area contributed by atoms with Crippen molar-refractivity contribution in [3.8, 4) is 11.6 Å². The van der Waals surface area contributed by atoms with Crippen LogP contribution in [0, 0.1) is 0 Å². The van der Waals surface area contributed by atoms with Crippen LogP contribution in [0.15, 0.2) is 30.6 Å². The van der Waals surface area contributed by atoms with Gasteiger partial charge in [0.2, 0.25) is 5.88 Å². The van der Waals surface area contributed by atoms with Crippen molar-refractivity contribution < 1.29 is 4.74 Å². The molecule has 5 heteroatoms. The van der Waals surface area contributed by atoms with Gasteiger partial charge in [-0.25, -0.2) is 9.97 Å². The number of benzene rings is 1. The molecule has 1 aromatic heterocycles. The van der Waals surface area contributed by atoms with Crippen molar-refractivity contribution in [2.75, 3.05) is 17.6 Å². The minimum absolute atomic E-state index is 0.401. The molecular formula is C12H12N4O. The molecule has 1 aromatic carbocycles. The Balaban J connectivity index is 1.86. The highest BCUT2D eigenvalue weighted by Gasteiger charge is 2.10. The zero-order valence-corrected chi connectivity index (χ0v) is 9.18. The molecule has 0 aliphatic carbocycles. The molecule has 86 valence electrons. The Labute approximate surface area is 98.7 Å². The van der Waals surface area contributed by atoms with Crippen molar-refractivity contribution in [2.24, 2.45) is 0 Å². The Morgan fingerprint density at radius 3 is 3.06 bits per heavy atom. The molecular weight excluding hydrogens is 216 g/mol. The number of aromatic nitrogens is 2. The van der Waals surface area contributed by atoms with Gasteiger partial charge in [0.25, 0.3) is 0 Å². The molecule has 5 nitrogen and oxygen atoms in total. The van der Waals surface area contributed by atoms with Crippen molar-refractivity contribution in [3.05, 3.63) is 36.2 Å². The molecule has 0 spiro atoms. The molecule has 0 saturated heterocycles. The summed E-state index contributed by atoms with van der Waals surface area (Å²) in [4.78, 5) is 7.82. The predicted octanol–water partition coefficient (Wildman–Crippen LogP) is 1.82. The first-order chi connectivity index (χ1) is 8.31. The lowest BCUT2D eigenvalue weighted by atomic mass is 10.1. The third-order valence-electron chi connectivity index (χ3n) is 2.67. The molecule has 3 rings (SSSR count). The summed E-state index contributed by atoms with van der Waals surface area (Å²) in [5.74, 6) is 1.63. The molecule has 0 unspecified atom stereocenters. The van der Waals surface area contributed by atoms with Crippen LogP contribution in [0.4, 0.5) is 11.5 Å². The fourth-order valence-electron chi connectivity index (χ4n) is 1.87. The summed E-state index contributed by atoms with van der Waals surface area (Å²) < 4.78 is 5.63. The number of anilines is 2. The number of hydrogen-bond donors (Lipinski definition) is 2. The van der Waals surface area contributed by atoms with Crippen molar-refractivity contribution in [1.82, 2.24) is 9.97 Å². The van der Waals surface area contributed by atoms with E-state index in [0.29, 0.717) is 11.7 Å². The summed E-state index contributed by atoms with van der Waals surface area (Å²) in [6.45, 7) is 0.985. The van der Waals surface area contributed by atoms with Gasteiger partial charge in [0.1, 0.15) is 17.9 Å². The number of ether oxygens (including phenoxy) is 1. The highest BCUT2D eigenvalue weighted by molar-refractivity contribution is 5.58. The van der Waals surface area contributed by atoms with E-state index in [2.05, 4.69) is 15.3 Å². The predicted molar refractivity (Wildman–Crippen MR) is 65.2 cm³/mol. The van der Waals surface area contributed by atoms with Crippen LogP contribution in [0.2, 0.25) is 0 Å². The second-order valence-corrected chi connectivity index (χ2v) is 3.88. The average molecular weight is 228 g/mol. The van der Waals surface area contributed by atoms with Gasteiger partial charge in [-0.05, 0) is 30.2 Å². The van der Waals surface area contributed by atoms with Gasteiger partial charge in [0.15, 0.2) is 0 Å². The van der Waals surface area contributed by atoms with Crippen LogP contribution in [-0.2, 0) is 6.42 Å². The van der Waals surface area contributed by atoms with Crippen LogP contribution < -0.4 is 15.8 Å². The minimum Gasteiger partial charge on any atom is -0.439 e. The van der Waals surface area contributed by atoms with Crippen LogP contribution in [0.3, 0.4) is 0 Å². The maximum absolute atomic E-state index is 5.63. The Kier molecular flexibility index (Phi) is 2.29. The summed E-state index contributed by atoms with van der Waals surface area (Å²) >= 11 is 0. The Hall–Kier alpha value is -2.30. The van der Waals surface area contributed by atoms with Crippen LogP contribution in [0.1, 0.15) is 5.56 Å². The first-order valence-electron chi connectivity index (χ1n) is 5.43. The van der Waals surface area contributed by atoms with E-state index < -0.39 is 0 Å². The van der Waals surface area contributed by atoms with Gasteiger partial charge in [0, 0.05) is 18.3 Å². The van der Waals surface area contributed by atoms with Gasteiger partial charge in [-0.2, -0.15) is 0 Å². The molecule has 3 N–H and O–H groups in total. The molecule has 0 atom stereocenters. The van der Waals surface area contributed by atoms with Crippen LogP contribution in [-0.4, -0.2) is 16.5 Å². The molecule has 0 bridgehead atoms. The highest BCUT2D eigenvalue weighted by atomic mass is 16.5. The molecule has 0 radical (unpaired) electrons. The van der Waals surface area contributed by atoms with E-state index in [1.54, 1.807) is 6.07 Å². The number of fused-ring (bicyclic) bond motifs is 1. The maximum Gasteiger partial charge on any atom is 0.224 e. The number of hydrogen-bond acceptors (Lipinski definition) is 5. The molecule has 2 aromatic rings. The first kappa shape index (κ1) is 9.89. The van der Waals surface area contributed by atoms with Gasteiger partial charge < -0.3 is 15.8 Å². The third kappa shape index (κ3) is 1.99. The Morgan fingerprint density at radius 1 is 1.24 bits per heavy atom. The normalized spacial score (nSPS) is 12.9. The lowest BCUT2D eigenvalue weighted by Crippen LogP contribution is -1.94. The van der Waals surface area contributed by atoms with Crippen molar-refractivity contribution in [2.45, 2.75) is 6.42 Å². The molecule has 2 heterocycles. The second kappa shape index (κ2) is 3.93. The van der Waals surface area contributed by atoms with Crippen LogP contribution >= 0.6 is 0 Å². The Morgan fingerprint density at radius 2 is 2.18 bits per heavy atom. The first-order valence-corrected chi connectivity index (χ1v) is 5.43. The van der Waals surface area contributed by atoms with E-state index in [1.807, 2.05) is 18.2 Å². The molecule has 1 aliphatic rings. The SMILES string of the molecule is Nc1cc(Oc2ccc3c(c2)CCN3)ncn1. The lowest BCUT2D eigenvalue weighted by molar-refractivity contribution is 0.461. The summed E-state index contributed by atoms with van der Waals surface area (Å²) in [6, 6.07) is 7.55. The summed E-state index contributed by atoms with van der Waals surface area (Å²) in [7, 11) is 0. The zero-order valence-electron chi connectivity index (χ0n) is 9.18. The van der Waals surface area contributed by atoms with Gasteiger partial charge in [-0.3, -0.25) is 0 Å². The summed E-state index contributed by atoms with van der Waals surface area (Å²) in [6.07, 6.45) is 2.41. The Bertz CT molecular complexity index is 556. The van der Waals surface area contributed by atoms with Crippen molar-refractivity contribution in [3.63, 3.8) is 0 Å². The fourth-order valence-corrected chi connectivity index (χ4v) is 1.87. The van der Waals surface area contributed by atoms with Gasteiger partial charge >= 0.3 is 0 Å². The lowest BCUT2D eigenvalue weighted by Gasteiger charge is -2.06. The molecule has 0 fully saturated rings. The minimum atomic E-state index is 0.401. The number of nitrogens with one attached hydrogen (secondary N) is 1. The van der Waals surface area contributed by atoms with Crippen LogP contribution in [0.5, 0.6) is 11.6 Å². The van der Waals surface area contributed by atoms with E-state index in [1.165, 1.54) is 17.6 Å². The standard InChI is InChI=1S/C12H12N4O/c13-11-6-12(16-7-15-11)17-9-1-2-10-8(5-9)3-4-14-10/h1-2,5-7,14H,3-4H2,(H2,13,15,16).